The molecule has 0 radical (unpaired) electrons. The maximum absolute atomic E-state index is 12.1. The van der Waals surface area contributed by atoms with Crippen molar-refractivity contribution in [2.45, 2.75) is 19.9 Å². The molecule has 2 amide bonds. The van der Waals surface area contributed by atoms with Crippen molar-refractivity contribution in [1.29, 1.82) is 0 Å². The van der Waals surface area contributed by atoms with Crippen molar-refractivity contribution in [1.82, 2.24) is 15.6 Å². The van der Waals surface area contributed by atoms with Crippen LogP contribution in [0.2, 0.25) is 0 Å². The third-order valence-electron chi connectivity index (χ3n) is 4.04. The Labute approximate surface area is 146 Å². The van der Waals surface area contributed by atoms with Crippen LogP contribution in [0.15, 0.2) is 54.7 Å². The van der Waals surface area contributed by atoms with Crippen molar-refractivity contribution < 1.29 is 9.59 Å². The van der Waals surface area contributed by atoms with Crippen molar-refractivity contribution in [3.8, 4) is 0 Å². The molecule has 128 valence electrons. The number of amides is 2. The number of aryl methyl sites for hydroxylation is 1. The number of H-pyrrole nitrogens is 1. The summed E-state index contributed by atoms with van der Waals surface area (Å²) in [4.78, 5) is 27.1. The van der Waals surface area contributed by atoms with Gasteiger partial charge in [-0.05, 0) is 24.1 Å². The molecule has 25 heavy (non-hydrogen) atoms. The molecule has 0 atom stereocenters. The fourth-order valence-electron chi connectivity index (χ4n) is 2.78. The monoisotopic (exact) mass is 335 g/mol. The molecule has 0 aliphatic rings. The Bertz CT molecular complexity index is 899. The number of fused-ring (bicyclic) bond motifs is 1. The van der Waals surface area contributed by atoms with Crippen LogP contribution in [0, 0.1) is 6.92 Å². The number of aromatic amines is 1. The molecule has 3 N–H and O–H groups in total. The van der Waals surface area contributed by atoms with Gasteiger partial charge in [0.15, 0.2) is 0 Å². The fraction of sp³-hybridized carbons (Fsp3) is 0.200. The maximum Gasteiger partial charge on any atom is 0.239 e. The van der Waals surface area contributed by atoms with Crippen molar-refractivity contribution in [3.63, 3.8) is 0 Å². The molecule has 0 fully saturated rings. The first kappa shape index (κ1) is 16.8. The summed E-state index contributed by atoms with van der Waals surface area (Å²) in [6.07, 6.45) is 2.08. The van der Waals surface area contributed by atoms with Crippen molar-refractivity contribution in [2.75, 3.05) is 6.54 Å². The molecule has 0 unspecified atom stereocenters. The summed E-state index contributed by atoms with van der Waals surface area (Å²) in [6, 6.07) is 15.8. The van der Waals surface area contributed by atoms with Crippen LogP contribution < -0.4 is 10.6 Å². The first-order valence-corrected chi connectivity index (χ1v) is 8.26. The van der Waals surface area contributed by atoms with Crippen LogP contribution in [0.1, 0.15) is 16.7 Å². The number of nitrogens with one attached hydrogen (secondary N) is 3. The summed E-state index contributed by atoms with van der Waals surface area (Å²) in [5.74, 6) is -0.371. The highest BCUT2D eigenvalue weighted by Crippen LogP contribution is 2.17. The Hall–Kier alpha value is -3.08. The van der Waals surface area contributed by atoms with E-state index in [1.807, 2.05) is 61.7 Å². The second-order valence-corrected chi connectivity index (χ2v) is 6.08. The molecule has 0 saturated heterocycles. The van der Waals surface area contributed by atoms with E-state index in [0.29, 0.717) is 6.54 Å². The van der Waals surface area contributed by atoms with Gasteiger partial charge in [0.25, 0.3) is 0 Å². The summed E-state index contributed by atoms with van der Waals surface area (Å²) in [7, 11) is 0. The number of benzene rings is 2. The number of carbonyl (C=O) groups excluding carboxylic acids is 2. The lowest BCUT2D eigenvalue weighted by atomic mass is 10.1. The number of carbonyl (C=O) groups is 2. The Morgan fingerprint density at radius 1 is 1.00 bits per heavy atom. The summed E-state index contributed by atoms with van der Waals surface area (Å²) in [5.41, 5.74) is 4.12. The van der Waals surface area contributed by atoms with Crippen LogP contribution in [0.4, 0.5) is 0 Å². The quantitative estimate of drug-likeness (QED) is 0.647. The molecule has 1 aromatic heterocycles. The van der Waals surface area contributed by atoms with Crippen LogP contribution in [-0.2, 0) is 22.6 Å². The van der Waals surface area contributed by atoms with Gasteiger partial charge in [-0.1, -0.05) is 48.0 Å². The van der Waals surface area contributed by atoms with Gasteiger partial charge in [0.1, 0.15) is 0 Å². The molecule has 0 aliphatic heterocycles. The standard InChI is InChI=1S/C20H21N3O2/c1-14-5-4-6-15(9-14)11-22-20(25)13-23-19(24)10-16-12-21-18-8-3-2-7-17(16)18/h2-9,12,21H,10-11,13H2,1H3,(H,22,25)(H,23,24). The zero-order valence-electron chi connectivity index (χ0n) is 14.1. The van der Waals surface area contributed by atoms with Gasteiger partial charge in [0.05, 0.1) is 13.0 Å². The smallest absolute Gasteiger partial charge is 0.239 e. The lowest BCUT2D eigenvalue weighted by Gasteiger charge is -2.07. The first-order chi connectivity index (χ1) is 12.1. The molecule has 2 aromatic carbocycles. The van der Waals surface area contributed by atoms with Gasteiger partial charge in [-0.3, -0.25) is 9.59 Å². The van der Waals surface area contributed by atoms with E-state index in [4.69, 9.17) is 0 Å². The van der Waals surface area contributed by atoms with Crippen molar-refractivity contribution >= 4 is 22.7 Å². The average Bonchev–Trinajstić information content (AvgIpc) is 3.01. The summed E-state index contributed by atoms with van der Waals surface area (Å²) < 4.78 is 0. The van der Waals surface area contributed by atoms with Gasteiger partial charge in [-0.2, -0.15) is 0 Å². The Morgan fingerprint density at radius 3 is 2.68 bits per heavy atom. The van der Waals surface area contributed by atoms with Crippen LogP contribution in [0.25, 0.3) is 10.9 Å². The van der Waals surface area contributed by atoms with E-state index in [9.17, 15) is 9.59 Å². The lowest BCUT2D eigenvalue weighted by molar-refractivity contribution is -0.125. The predicted molar refractivity (Wildman–Crippen MR) is 98.0 cm³/mol. The second-order valence-electron chi connectivity index (χ2n) is 6.08. The number of aromatic nitrogens is 1. The molecule has 3 rings (SSSR count). The van der Waals surface area contributed by atoms with E-state index in [2.05, 4.69) is 15.6 Å². The molecule has 5 nitrogen and oxygen atoms in total. The summed E-state index contributed by atoms with van der Waals surface area (Å²) in [5, 5.41) is 6.51. The number of rotatable bonds is 6. The lowest BCUT2D eigenvalue weighted by Crippen LogP contribution is -2.37. The zero-order chi connectivity index (χ0) is 17.6. The van der Waals surface area contributed by atoms with Gasteiger partial charge in [0.2, 0.25) is 11.8 Å². The normalized spacial score (nSPS) is 10.6. The van der Waals surface area contributed by atoms with Crippen LogP contribution in [-0.4, -0.2) is 23.3 Å². The van der Waals surface area contributed by atoms with E-state index >= 15 is 0 Å². The maximum atomic E-state index is 12.1. The SMILES string of the molecule is Cc1cccc(CNC(=O)CNC(=O)Cc2c[nH]c3ccccc23)c1. The summed E-state index contributed by atoms with van der Waals surface area (Å²) in [6.45, 7) is 2.45. The third kappa shape index (κ3) is 4.47. The van der Waals surface area contributed by atoms with Crippen LogP contribution in [0.3, 0.4) is 0 Å². The Morgan fingerprint density at radius 2 is 1.84 bits per heavy atom. The molecule has 0 aliphatic carbocycles. The first-order valence-electron chi connectivity index (χ1n) is 8.26. The highest BCUT2D eigenvalue weighted by molar-refractivity contribution is 5.90. The molecular weight excluding hydrogens is 314 g/mol. The highest BCUT2D eigenvalue weighted by Gasteiger charge is 2.10. The van der Waals surface area contributed by atoms with Crippen LogP contribution in [0.5, 0.6) is 0 Å². The largest absolute Gasteiger partial charge is 0.361 e. The van der Waals surface area contributed by atoms with Gasteiger partial charge in [0, 0.05) is 23.6 Å². The van der Waals surface area contributed by atoms with Gasteiger partial charge >= 0.3 is 0 Å². The zero-order valence-corrected chi connectivity index (χ0v) is 14.1. The summed E-state index contributed by atoms with van der Waals surface area (Å²) >= 11 is 0. The van der Waals surface area contributed by atoms with E-state index < -0.39 is 0 Å². The Kier molecular flexibility index (Phi) is 5.14. The molecular formula is C20H21N3O2. The van der Waals surface area contributed by atoms with E-state index in [1.165, 1.54) is 0 Å². The van der Waals surface area contributed by atoms with E-state index in [-0.39, 0.29) is 24.8 Å². The number of hydrogen-bond donors (Lipinski definition) is 3. The average molecular weight is 335 g/mol. The minimum atomic E-state index is -0.200. The molecule has 1 heterocycles. The predicted octanol–water partition coefficient (Wildman–Crippen LogP) is 2.45. The molecule has 0 bridgehead atoms. The highest BCUT2D eigenvalue weighted by atomic mass is 16.2. The van der Waals surface area contributed by atoms with Gasteiger partial charge in [-0.25, -0.2) is 0 Å². The minimum absolute atomic E-state index is 0.0208. The van der Waals surface area contributed by atoms with Gasteiger partial charge in [-0.15, -0.1) is 0 Å². The molecule has 0 spiro atoms. The van der Waals surface area contributed by atoms with Gasteiger partial charge < -0.3 is 15.6 Å². The second kappa shape index (κ2) is 7.66. The number of hydrogen-bond acceptors (Lipinski definition) is 2. The fourth-order valence-corrected chi connectivity index (χ4v) is 2.78. The van der Waals surface area contributed by atoms with E-state index in [1.54, 1.807) is 0 Å². The number of para-hydroxylation sites is 1. The minimum Gasteiger partial charge on any atom is -0.361 e. The molecule has 0 saturated carbocycles. The topological polar surface area (TPSA) is 74.0 Å². The molecule has 3 aromatic rings. The van der Waals surface area contributed by atoms with E-state index in [0.717, 1.165) is 27.6 Å². The molecule has 5 heteroatoms. The Balaban J connectivity index is 1.46. The van der Waals surface area contributed by atoms with Crippen molar-refractivity contribution in [3.05, 3.63) is 71.4 Å². The van der Waals surface area contributed by atoms with Crippen molar-refractivity contribution in [2.24, 2.45) is 0 Å². The third-order valence-corrected chi connectivity index (χ3v) is 4.04. The van der Waals surface area contributed by atoms with Crippen LogP contribution >= 0.6 is 0 Å².